The largest absolute Gasteiger partial charge is 0.370 e. The number of nitrogens with one attached hydrogen (secondary N) is 3. The molecular weight excluding hydrogens is 474 g/mol. The molecule has 2 saturated carbocycles. The Morgan fingerprint density at radius 3 is 2.66 bits per heavy atom. The first kappa shape index (κ1) is 24.4. The van der Waals surface area contributed by atoms with Crippen molar-refractivity contribution in [3.63, 3.8) is 0 Å². The van der Waals surface area contributed by atoms with Crippen LogP contribution in [0.15, 0.2) is 54.9 Å². The Bertz CT molecular complexity index is 1420. The number of hydrogen-bond acceptors (Lipinski definition) is 6. The van der Waals surface area contributed by atoms with Gasteiger partial charge in [-0.15, -0.1) is 0 Å². The second kappa shape index (κ2) is 10.8. The molecule has 3 aromatic heterocycles. The van der Waals surface area contributed by atoms with E-state index in [0.717, 1.165) is 64.6 Å². The van der Waals surface area contributed by atoms with Gasteiger partial charge in [0.2, 0.25) is 0 Å². The van der Waals surface area contributed by atoms with Gasteiger partial charge >= 0.3 is 0 Å². The van der Waals surface area contributed by atoms with Crippen LogP contribution in [-0.4, -0.2) is 38.1 Å². The van der Waals surface area contributed by atoms with Crippen molar-refractivity contribution in [1.82, 2.24) is 24.9 Å². The summed E-state index contributed by atoms with van der Waals surface area (Å²) in [5.41, 5.74) is 5.32. The lowest BCUT2D eigenvalue weighted by atomic mass is 9.89. The number of aryl methyl sites for hydroxylation is 1. The summed E-state index contributed by atoms with van der Waals surface area (Å²) in [7, 11) is 0. The number of pyridine rings is 1. The Labute approximate surface area is 223 Å². The number of carbonyl (C=O) groups is 1. The fraction of sp³-hybridized carbons (Fsp3) is 0.400. The molecule has 0 saturated heterocycles. The van der Waals surface area contributed by atoms with Gasteiger partial charge in [-0.3, -0.25) is 9.78 Å². The number of rotatable bonds is 9. The number of amides is 1. The average molecular weight is 510 g/mol. The first-order valence-corrected chi connectivity index (χ1v) is 13.8. The van der Waals surface area contributed by atoms with Gasteiger partial charge in [-0.2, -0.15) is 9.61 Å². The summed E-state index contributed by atoms with van der Waals surface area (Å²) in [6.45, 7) is 3.50. The number of benzene rings is 1. The lowest BCUT2D eigenvalue weighted by molar-refractivity contribution is 0.0950. The fourth-order valence-corrected chi connectivity index (χ4v) is 5.28. The maximum absolute atomic E-state index is 12.6. The predicted molar refractivity (Wildman–Crippen MR) is 150 cm³/mol. The zero-order valence-corrected chi connectivity index (χ0v) is 21.9. The molecule has 2 fully saturated rings. The second-order valence-corrected chi connectivity index (χ2v) is 10.7. The van der Waals surface area contributed by atoms with Gasteiger partial charge in [0.25, 0.3) is 5.91 Å². The van der Waals surface area contributed by atoms with E-state index in [1.807, 2.05) is 54.0 Å². The van der Waals surface area contributed by atoms with Crippen LogP contribution in [0.5, 0.6) is 0 Å². The maximum Gasteiger partial charge on any atom is 0.251 e. The van der Waals surface area contributed by atoms with Crippen LogP contribution < -0.4 is 16.0 Å². The van der Waals surface area contributed by atoms with Crippen LogP contribution in [0.2, 0.25) is 0 Å². The van der Waals surface area contributed by atoms with Crippen molar-refractivity contribution >= 4 is 23.2 Å². The Hall–Kier alpha value is -3.94. The van der Waals surface area contributed by atoms with Crippen molar-refractivity contribution in [2.75, 3.05) is 17.2 Å². The molecule has 0 bridgehead atoms. The first-order valence-electron chi connectivity index (χ1n) is 13.8. The summed E-state index contributed by atoms with van der Waals surface area (Å²) in [4.78, 5) is 22.0. The molecule has 4 aromatic rings. The van der Waals surface area contributed by atoms with Crippen LogP contribution in [-0.2, 0) is 6.54 Å². The van der Waals surface area contributed by atoms with E-state index in [2.05, 4.69) is 27.0 Å². The van der Waals surface area contributed by atoms with Crippen molar-refractivity contribution in [3.8, 4) is 11.1 Å². The Kier molecular flexibility index (Phi) is 6.94. The van der Waals surface area contributed by atoms with Crippen molar-refractivity contribution in [2.24, 2.45) is 5.92 Å². The van der Waals surface area contributed by atoms with Crippen molar-refractivity contribution in [1.29, 1.82) is 0 Å². The van der Waals surface area contributed by atoms with E-state index in [0.29, 0.717) is 18.5 Å². The van der Waals surface area contributed by atoms with E-state index < -0.39 is 0 Å². The molecule has 0 aliphatic heterocycles. The first-order chi connectivity index (χ1) is 18.6. The third kappa shape index (κ3) is 5.49. The summed E-state index contributed by atoms with van der Waals surface area (Å²) < 4.78 is 1.90. The lowest BCUT2D eigenvalue weighted by Crippen LogP contribution is -2.26. The highest BCUT2D eigenvalue weighted by atomic mass is 16.1. The Morgan fingerprint density at radius 1 is 1.03 bits per heavy atom. The molecule has 8 nitrogen and oxygen atoms in total. The third-order valence-corrected chi connectivity index (χ3v) is 7.64. The average Bonchev–Trinajstić information content (AvgIpc) is 3.66. The standard InChI is InChI=1S/C30H35N7O/c1-20-15-22(10-13-25(20)30(38)35-23-11-12-23)26-19-34-37-28(33-17-21-7-3-2-4-8-21)16-27(36-29(26)37)32-18-24-9-5-6-14-31-24/h5-6,9-10,13-16,19,21,23,33H,2-4,7-8,11-12,17-18H2,1H3,(H,32,36)(H,35,38). The summed E-state index contributed by atoms with van der Waals surface area (Å²) in [5.74, 6) is 2.38. The third-order valence-electron chi connectivity index (χ3n) is 7.64. The molecule has 1 amide bonds. The van der Waals surface area contributed by atoms with Gasteiger partial charge in [-0.1, -0.05) is 37.5 Å². The molecule has 196 valence electrons. The minimum atomic E-state index is 0.00439. The Balaban J connectivity index is 1.31. The van der Waals surface area contributed by atoms with E-state index in [-0.39, 0.29) is 5.91 Å². The van der Waals surface area contributed by atoms with Crippen LogP contribution in [0.4, 0.5) is 11.6 Å². The monoisotopic (exact) mass is 509 g/mol. The van der Waals surface area contributed by atoms with Gasteiger partial charge in [0.1, 0.15) is 11.6 Å². The summed E-state index contributed by atoms with van der Waals surface area (Å²) >= 11 is 0. The van der Waals surface area contributed by atoms with Gasteiger partial charge in [-0.25, -0.2) is 4.98 Å². The molecule has 0 radical (unpaired) electrons. The summed E-state index contributed by atoms with van der Waals surface area (Å²) in [6.07, 6.45) is 12.3. The predicted octanol–water partition coefficient (Wildman–Crippen LogP) is 5.60. The van der Waals surface area contributed by atoms with Gasteiger partial charge in [0.15, 0.2) is 5.65 Å². The molecular formula is C30H35N7O. The second-order valence-electron chi connectivity index (χ2n) is 10.7. The van der Waals surface area contributed by atoms with Gasteiger partial charge < -0.3 is 16.0 Å². The van der Waals surface area contributed by atoms with E-state index >= 15 is 0 Å². The summed E-state index contributed by atoms with van der Waals surface area (Å²) in [6, 6.07) is 14.2. The zero-order chi connectivity index (χ0) is 25.9. The smallest absolute Gasteiger partial charge is 0.251 e. The SMILES string of the molecule is Cc1cc(-c2cnn3c(NCC4CCCCC4)cc(NCc4ccccn4)nc23)ccc1C(=O)NC1CC1. The zero-order valence-electron chi connectivity index (χ0n) is 21.9. The molecule has 1 aromatic carbocycles. The molecule has 2 aliphatic rings. The van der Waals surface area contributed by atoms with E-state index in [9.17, 15) is 4.79 Å². The quantitative estimate of drug-likeness (QED) is 0.272. The van der Waals surface area contributed by atoms with Crippen LogP contribution in [0, 0.1) is 12.8 Å². The molecule has 0 spiro atoms. The molecule has 2 aliphatic carbocycles. The van der Waals surface area contributed by atoms with E-state index in [1.165, 1.54) is 32.1 Å². The van der Waals surface area contributed by atoms with Gasteiger partial charge in [0, 0.05) is 36.0 Å². The fourth-order valence-electron chi connectivity index (χ4n) is 5.28. The number of nitrogens with zero attached hydrogens (tertiary/aromatic N) is 4. The van der Waals surface area contributed by atoms with Crippen LogP contribution in [0.25, 0.3) is 16.8 Å². The molecule has 6 rings (SSSR count). The molecule has 0 unspecified atom stereocenters. The minimum absolute atomic E-state index is 0.00439. The number of anilines is 2. The van der Waals surface area contributed by atoms with Crippen LogP contribution in [0.3, 0.4) is 0 Å². The van der Waals surface area contributed by atoms with E-state index in [4.69, 9.17) is 10.1 Å². The van der Waals surface area contributed by atoms with Gasteiger partial charge in [0.05, 0.1) is 18.4 Å². The lowest BCUT2D eigenvalue weighted by Gasteiger charge is -2.22. The molecule has 3 N–H and O–H groups in total. The number of fused-ring (bicyclic) bond motifs is 1. The van der Waals surface area contributed by atoms with Gasteiger partial charge in [-0.05, 0) is 67.9 Å². The summed E-state index contributed by atoms with van der Waals surface area (Å²) in [5, 5.41) is 14.9. The normalized spacial score (nSPS) is 15.9. The number of carbonyl (C=O) groups excluding carboxylic acids is 1. The highest BCUT2D eigenvalue weighted by Gasteiger charge is 2.24. The van der Waals surface area contributed by atoms with E-state index in [1.54, 1.807) is 6.20 Å². The topological polar surface area (TPSA) is 96.2 Å². The highest BCUT2D eigenvalue weighted by molar-refractivity contribution is 5.97. The minimum Gasteiger partial charge on any atom is -0.370 e. The number of aromatic nitrogens is 4. The van der Waals surface area contributed by atoms with Crippen LogP contribution in [0.1, 0.15) is 66.6 Å². The van der Waals surface area contributed by atoms with Crippen LogP contribution >= 0.6 is 0 Å². The van der Waals surface area contributed by atoms with Crippen molar-refractivity contribution < 1.29 is 4.79 Å². The molecule has 0 atom stereocenters. The maximum atomic E-state index is 12.6. The molecule has 3 heterocycles. The highest BCUT2D eigenvalue weighted by Crippen LogP contribution is 2.30. The van der Waals surface area contributed by atoms with Crippen molar-refractivity contribution in [3.05, 3.63) is 71.7 Å². The van der Waals surface area contributed by atoms with Crippen molar-refractivity contribution in [2.45, 2.75) is 64.5 Å². The molecule has 8 heteroatoms. The Morgan fingerprint density at radius 2 is 1.89 bits per heavy atom. The number of hydrogen-bond donors (Lipinski definition) is 3. The molecule has 38 heavy (non-hydrogen) atoms.